The molecule has 1 aromatic carbocycles. The Hall–Kier alpha value is -1.97. The van der Waals surface area contributed by atoms with Crippen LogP contribution in [-0.4, -0.2) is 16.2 Å². The van der Waals surface area contributed by atoms with Gasteiger partial charge >= 0.3 is 5.97 Å². The molecule has 16 heavy (non-hydrogen) atoms. The fourth-order valence-electron chi connectivity index (χ4n) is 2.08. The van der Waals surface area contributed by atoms with Crippen LogP contribution in [0.3, 0.4) is 0 Å². The molecule has 2 atom stereocenters. The quantitative estimate of drug-likeness (QED) is 0.496. The van der Waals surface area contributed by atoms with Crippen molar-refractivity contribution in [1.29, 1.82) is 0 Å². The summed E-state index contributed by atoms with van der Waals surface area (Å²) in [4.78, 5) is 11.0. The molecule has 0 aromatic heterocycles. The Balaban J connectivity index is 2.55. The second-order valence-corrected chi connectivity index (χ2v) is 4.01. The van der Waals surface area contributed by atoms with E-state index in [1.165, 1.54) is 6.07 Å². The maximum atomic E-state index is 11.0. The van der Waals surface area contributed by atoms with Gasteiger partial charge in [-0.15, -0.1) is 0 Å². The molecule has 0 aliphatic heterocycles. The van der Waals surface area contributed by atoms with E-state index in [2.05, 4.69) is 0 Å². The number of nitrogens with two attached hydrogens (primary N) is 1. The lowest BCUT2D eigenvalue weighted by atomic mass is 9.80. The van der Waals surface area contributed by atoms with Crippen LogP contribution in [0.15, 0.2) is 18.2 Å². The standard InChI is InChI=1S/C12H13NO3/c1-6-7-4-5-10(14)11(13)9(7)3-2-8(6)12(15)16/h2-6,8,14H,13H2,1H3,(H,15,16). The van der Waals surface area contributed by atoms with Crippen molar-refractivity contribution in [2.24, 2.45) is 5.92 Å². The Bertz CT molecular complexity index is 479. The minimum absolute atomic E-state index is 0.0318. The molecule has 2 rings (SSSR count). The van der Waals surface area contributed by atoms with Gasteiger partial charge in [0.15, 0.2) is 0 Å². The summed E-state index contributed by atoms with van der Waals surface area (Å²) in [7, 11) is 0. The molecule has 0 amide bonds. The number of phenols is 1. The minimum Gasteiger partial charge on any atom is -0.506 e. The van der Waals surface area contributed by atoms with Crippen LogP contribution >= 0.6 is 0 Å². The highest BCUT2D eigenvalue weighted by Crippen LogP contribution is 2.39. The first-order valence-electron chi connectivity index (χ1n) is 5.04. The number of benzene rings is 1. The van der Waals surface area contributed by atoms with Gasteiger partial charge < -0.3 is 15.9 Å². The average Bonchev–Trinajstić information content (AvgIpc) is 2.23. The lowest BCUT2D eigenvalue weighted by molar-refractivity contribution is -0.140. The van der Waals surface area contributed by atoms with E-state index in [4.69, 9.17) is 10.8 Å². The highest BCUT2D eigenvalue weighted by molar-refractivity contribution is 5.81. The largest absolute Gasteiger partial charge is 0.506 e. The van der Waals surface area contributed by atoms with Crippen molar-refractivity contribution < 1.29 is 15.0 Å². The summed E-state index contributed by atoms with van der Waals surface area (Å²) in [6, 6.07) is 3.23. The zero-order valence-electron chi connectivity index (χ0n) is 8.84. The van der Waals surface area contributed by atoms with E-state index < -0.39 is 11.9 Å². The lowest BCUT2D eigenvalue weighted by Crippen LogP contribution is -2.21. The number of carboxylic acid groups (broad SMARTS) is 1. The molecular formula is C12H13NO3. The molecule has 0 fully saturated rings. The predicted molar refractivity (Wildman–Crippen MR) is 61.1 cm³/mol. The normalized spacial score (nSPS) is 22.8. The second-order valence-electron chi connectivity index (χ2n) is 4.01. The topological polar surface area (TPSA) is 83.5 Å². The number of aliphatic carboxylic acids is 1. The molecule has 0 bridgehead atoms. The Morgan fingerprint density at radius 3 is 2.75 bits per heavy atom. The third-order valence-corrected chi connectivity index (χ3v) is 3.08. The average molecular weight is 219 g/mol. The van der Waals surface area contributed by atoms with Crippen molar-refractivity contribution >= 4 is 17.7 Å². The third-order valence-electron chi connectivity index (χ3n) is 3.08. The number of hydrogen-bond donors (Lipinski definition) is 3. The first kappa shape index (κ1) is 10.5. The van der Waals surface area contributed by atoms with Crippen molar-refractivity contribution in [3.05, 3.63) is 29.3 Å². The van der Waals surface area contributed by atoms with Gasteiger partial charge in [0, 0.05) is 5.56 Å². The number of fused-ring (bicyclic) bond motifs is 1. The number of carbonyl (C=O) groups is 1. The Morgan fingerprint density at radius 1 is 1.44 bits per heavy atom. The fraction of sp³-hybridized carbons (Fsp3) is 0.250. The van der Waals surface area contributed by atoms with Crippen LogP contribution in [0.25, 0.3) is 6.08 Å². The molecule has 0 saturated heterocycles. The first-order chi connectivity index (χ1) is 7.52. The van der Waals surface area contributed by atoms with Gasteiger partial charge in [-0.25, -0.2) is 0 Å². The summed E-state index contributed by atoms with van der Waals surface area (Å²) in [6.45, 7) is 1.84. The molecule has 0 heterocycles. The number of hydrogen-bond acceptors (Lipinski definition) is 3. The molecule has 4 heteroatoms. The van der Waals surface area contributed by atoms with Crippen molar-refractivity contribution in [1.82, 2.24) is 0 Å². The van der Waals surface area contributed by atoms with Crippen LogP contribution in [0.4, 0.5) is 5.69 Å². The molecule has 4 nitrogen and oxygen atoms in total. The first-order valence-corrected chi connectivity index (χ1v) is 5.04. The van der Waals surface area contributed by atoms with Crippen molar-refractivity contribution in [3.63, 3.8) is 0 Å². The molecule has 1 aliphatic rings. The van der Waals surface area contributed by atoms with E-state index in [0.717, 1.165) is 11.1 Å². The maximum Gasteiger partial charge on any atom is 0.310 e. The fourth-order valence-corrected chi connectivity index (χ4v) is 2.08. The van der Waals surface area contributed by atoms with Gasteiger partial charge in [0.25, 0.3) is 0 Å². The summed E-state index contributed by atoms with van der Waals surface area (Å²) in [5.41, 5.74) is 7.64. The minimum atomic E-state index is -0.846. The van der Waals surface area contributed by atoms with E-state index in [9.17, 15) is 9.90 Å². The number of anilines is 1. The molecule has 1 aromatic rings. The monoisotopic (exact) mass is 219 g/mol. The maximum absolute atomic E-state index is 11.0. The Labute approximate surface area is 93.0 Å². The van der Waals surface area contributed by atoms with Gasteiger partial charge in [-0.1, -0.05) is 25.1 Å². The van der Waals surface area contributed by atoms with E-state index in [1.54, 1.807) is 18.2 Å². The van der Waals surface area contributed by atoms with Crippen LogP contribution in [0.2, 0.25) is 0 Å². The van der Waals surface area contributed by atoms with Crippen LogP contribution in [0, 0.1) is 5.92 Å². The van der Waals surface area contributed by atoms with Gasteiger partial charge in [0.2, 0.25) is 0 Å². The SMILES string of the molecule is CC1c2ccc(O)c(N)c2C=CC1C(=O)O. The Morgan fingerprint density at radius 2 is 2.12 bits per heavy atom. The zero-order chi connectivity index (χ0) is 11.9. The summed E-state index contributed by atoms with van der Waals surface area (Å²) in [6.07, 6.45) is 3.29. The molecule has 4 N–H and O–H groups in total. The van der Waals surface area contributed by atoms with Crippen LogP contribution in [-0.2, 0) is 4.79 Å². The molecule has 0 saturated carbocycles. The van der Waals surface area contributed by atoms with Gasteiger partial charge in [-0.05, 0) is 17.5 Å². The molecule has 2 unspecified atom stereocenters. The van der Waals surface area contributed by atoms with Crippen LogP contribution in [0.1, 0.15) is 24.0 Å². The van der Waals surface area contributed by atoms with Crippen LogP contribution < -0.4 is 5.73 Å². The summed E-state index contributed by atoms with van der Waals surface area (Å²) in [5.74, 6) is -1.48. The number of nitrogen functional groups attached to an aromatic ring is 1. The zero-order valence-corrected chi connectivity index (χ0v) is 8.84. The van der Waals surface area contributed by atoms with Crippen molar-refractivity contribution in [2.75, 3.05) is 5.73 Å². The summed E-state index contributed by atoms with van der Waals surface area (Å²) >= 11 is 0. The lowest BCUT2D eigenvalue weighted by Gasteiger charge is -2.25. The molecule has 0 spiro atoms. The summed E-state index contributed by atoms with van der Waals surface area (Å²) in [5, 5.41) is 18.5. The molecular weight excluding hydrogens is 206 g/mol. The second kappa shape index (κ2) is 3.56. The smallest absolute Gasteiger partial charge is 0.310 e. The molecule has 84 valence electrons. The summed E-state index contributed by atoms with van der Waals surface area (Å²) < 4.78 is 0. The predicted octanol–water partition coefficient (Wildman–Crippen LogP) is 1.81. The van der Waals surface area contributed by atoms with Gasteiger partial charge in [0.05, 0.1) is 11.6 Å². The number of rotatable bonds is 1. The van der Waals surface area contributed by atoms with Crippen LogP contribution in [0.5, 0.6) is 5.75 Å². The molecule has 1 aliphatic carbocycles. The van der Waals surface area contributed by atoms with Crippen molar-refractivity contribution in [2.45, 2.75) is 12.8 Å². The van der Waals surface area contributed by atoms with E-state index in [-0.39, 0.29) is 11.7 Å². The number of carboxylic acids is 1. The van der Waals surface area contributed by atoms with Gasteiger partial charge in [-0.3, -0.25) is 4.79 Å². The third kappa shape index (κ3) is 1.43. The number of phenolic OH excluding ortho intramolecular Hbond substituents is 1. The van der Waals surface area contributed by atoms with E-state index in [1.807, 2.05) is 6.92 Å². The highest BCUT2D eigenvalue weighted by Gasteiger charge is 2.29. The van der Waals surface area contributed by atoms with Gasteiger partial charge in [0.1, 0.15) is 5.75 Å². The van der Waals surface area contributed by atoms with Gasteiger partial charge in [-0.2, -0.15) is 0 Å². The number of aromatic hydroxyl groups is 1. The van der Waals surface area contributed by atoms with E-state index >= 15 is 0 Å². The molecule has 0 radical (unpaired) electrons. The van der Waals surface area contributed by atoms with E-state index in [0.29, 0.717) is 5.69 Å². The van der Waals surface area contributed by atoms with Crippen molar-refractivity contribution in [3.8, 4) is 5.75 Å². The highest BCUT2D eigenvalue weighted by atomic mass is 16.4. The Kier molecular flexibility index (Phi) is 2.34.